The average Bonchev–Trinajstić information content (AvgIpc) is 2.85. The molecular formula is C25H25NO7. The van der Waals surface area contributed by atoms with Gasteiger partial charge in [0.15, 0.2) is 17.5 Å². The second-order valence-electron chi connectivity index (χ2n) is 7.24. The summed E-state index contributed by atoms with van der Waals surface area (Å²) in [4.78, 5) is 23.1. The van der Waals surface area contributed by atoms with Crippen molar-refractivity contribution in [1.29, 1.82) is 0 Å². The van der Waals surface area contributed by atoms with Gasteiger partial charge in [-0.3, -0.25) is 4.79 Å². The van der Waals surface area contributed by atoms with Crippen molar-refractivity contribution < 1.29 is 34.4 Å². The van der Waals surface area contributed by atoms with E-state index < -0.39 is 30.6 Å². The number of aliphatic hydroxyl groups is 2. The highest BCUT2D eigenvalue weighted by Crippen LogP contribution is 2.33. The molecule has 0 fully saturated rings. The van der Waals surface area contributed by atoms with Crippen LogP contribution >= 0.6 is 0 Å². The van der Waals surface area contributed by atoms with Crippen LogP contribution in [0.15, 0.2) is 78.9 Å². The molecule has 0 aliphatic carbocycles. The minimum atomic E-state index is -1.65. The summed E-state index contributed by atoms with van der Waals surface area (Å²) in [5.74, 6) is -1.63. The van der Waals surface area contributed by atoms with E-state index in [1.165, 1.54) is 12.1 Å². The quantitative estimate of drug-likeness (QED) is 0.353. The van der Waals surface area contributed by atoms with Crippen LogP contribution in [-0.4, -0.2) is 39.8 Å². The fraction of sp³-hybridized carbons (Fsp3) is 0.200. The maximum Gasteiger partial charge on any atom is 0.329 e. The van der Waals surface area contributed by atoms with E-state index in [-0.39, 0.29) is 18.8 Å². The summed E-state index contributed by atoms with van der Waals surface area (Å²) >= 11 is 0. The van der Waals surface area contributed by atoms with Crippen molar-refractivity contribution in [2.24, 2.45) is 0 Å². The fourth-order valence-electron chi connectivity index (χ4n) is 3.10. The Morgan fingerprint density at radius 2 is 1.36 bits per heavy atom. The van der Waals surface area contributed by atoms with Gasteiger partial charge in [0.1, 0.15) is 25.9 Å². The van der Waals surface area contributed by atoms with Gasteiger partial charge in [-0.2, -0.15) is 0 Å². The van der Waals surface area contributed by atoms with E-state index >= 15 is 0 Å². The smallest absolute Gasteiger partial charge is 0.329 e. The molecule has 33 heavy (non-hydrogen) atoms. The van der Waals surface area contributed by atoms with E-state index in [1.54, 1.807) is 6.07 Å². The minimum absolute atomic E-state index is 0.204. The normalized spacial score (nSPS) is 12.4. The molecule has 0 aliphatic heterocycles. The van der Waals surface area contributed by atoms with Gasteiger partial charge in [-0.05, 0) is 28.8 Å². The maximum absolute atomic E-state index is 11.6. The molecule has 1 amide bonds. The molecule has 3 rings (SSSR count). The standard InChI is InChI=1S/C25H25NO7/c27-14-22(28)26-23(25(30)31)24(29)19-11-12-20(32-15-17-7-3-1-4-8-17)21(13-19)33-16-18-9-5-2-6-10-18/h1-13,23-24,27,29H,14-16H2,(H,26,28)(H,30,31)/t23-,24?/m0/s1. The van der Waals surface area contributed by atoms with Crippen molar-refractivity contribution in [3.8, 4) is 11.5 Å². The number of aliphatic hydroxyl groups excluding tert-OH is 2. The Bertz CT molecular complexity index is 1060. The molecule has 0 aliphatic rings. The molecule has 1 unspecified atom stereocenters. The third-order valence-corrected chi connectivity index (χ3v) is 4.83. The Morgan fingerprint density at radius 1 is 0.818 bits per heavy atom. The predicted octanol–water partition coefficient (Wildman–Crippen LogP) is 2.44. The lowest BCUT2D eigenvalue weighted by Gasteiger charge is -2.22. The summed E-state index contributed by atoms with van der Waals surface area (Å²) < 4.78 is 11.8. The zero-order chi connectivity index (χ0) is 23.6. The van der Waals surface area contributed by atoms with E-state index in [0.29, 0.717) is 11.5 Å². The molecule has 8 heteroatoms. The lowest BCUT2D eigenvalue weighted by Crippen LogP contribution is -2.46. The number of ether oxygens (including phenoxy) is 2. The van der Waals surface area contributed by atoms with Gasteiger partial charge >= 0.3 is 5.97 Å². The van der Waals surface area contributed by atoms with Gasteiger partial charge in [0.25, 0.3) is 0 Å². The van der Waals surface area contributed by atoms with Crippen molar-refractivity contribution in [2.75, 3.05) is 6.61 Å². The van der Waals surface area contributed by atoms with Crippen LogP contribution in [0.5, 0.6) is 11.5 Å². The second kappa shape index (κ2) is 11.7. The molecule has 3 aromatic rings. The van der Waals surface area contributed by atoms with Gasteiger partial charge in [0, 0.05) is 0 Å². The number of hydrogen-bond acceptors (Lipinski definition) is 6. The first-order valence-corrected chi connectivity index (χ1v) is 10.3. The third kappa shape index (κ3) is 6.80. The number of nitrogens with one attached hydrogen (secondary N) is 1. The topological polar surface area (TPSA) is 125 Å². The third-order valence-electron chi connectivity index (χ3n) is 4.83. The largest absolute Gasteiger partial charge is 0.485 e. The van der Waals surface area contributed by atoms with Crippen molar-refractivity contribution in [1.82, 2.24) is 5.32 Å². The lowest BCUT2D eigenvalue weighted by atomic mass is 10.0. The molecule has 0 heterocycles. The van der Waals surface area contributed by atoms with Gasteiger partial charge in [-0.25, -0.2) is 4.79 Å². The van der Waals surface area contributed by atoms with Crippen molar-refractivity contribution in [3.05, 3.63) is 95.6 Å². The molecule has 0 spiro atoms. The number of rotatable bonds is 11. The second-order valence-corrected chi connectivity index (χ2v) is 7.24. The molecule has 0 radical (unpaired) electrons. The number of carbonyl (C=O) groups excluding carboxylic acids is 1. The van der Waals surface area contributed by atoms with Crippen LogP contribution in [0.2, 0.25) is 0 Å². The van der Waals surface area contributed by atoms with Gasteiger partial charge in [-0.15, -0.1) is 0 Å². The number of hydrogen-bond donors (Lipinski definition) is 4. The van der Waals surface area contributed by atoms with E-state index in [0.717, 1.165) is 11.1 Å². The number of benzene rings is 3. The first-order valence-electron chi connectivity index (χ1n) is 10.3. The summed E-state index contributed by atoms with van der Waals surface area (Å²) in [6.07, 6.45) is -1.58. The molecule has 172 valence electrons. The maximum atomic E-state index is 11.6. The number of carbonyl (C=O) groups is 2. The summed E-state index contributed by atoms with van der Waals surface area (Å²) in [7, 11) is 0. The van der Waals surface area contributed by atoms with Gasteiger partial charge in [0.2, 0.25) is 5.91 Å². The summed E-state index contributed by atoms with van der Waals surface area (Å²) in [6.45, 7) is -0.380. The first kappa shape index (κ1) is 23.8. The van der Waals surface area contributed by atoms with Crippen molar-refractivity contribution >= 4 is 11.9 Å². The SMILES string of the molecule is O=C(CO)N[C@H](C(=O)O)C(O)c1ccc(OCc2ccccc2)c(OCc2ccccc2)c1. The summed E-state index contributed by atoms with van der Waals surface area (Å²) in [5, 5.41) is 31.1. The van der Waals surface area contributed by atoms with E-state index in [2.05, 4.69) is 5.32 Å². The van der Waals surface area contributed by atoms with Gasteiger partial charge < -0.3 is 30.1 Å². The van der Waals surface area contributed by atoms with Crippen LogP contribution < -0.4 is 14.8 Å². The van der Waals surface area contributed by atoms with Crippen LogP contribution in [0.1, 0.15) is 22.8 Å². The molecule has 3 aromatic carbocycles. The van der Waals surface area contributed by atoms with Crippen molar-refractivity contribution in [2.45, 2.75) is 25.4 Å². The lowest BCUT2D eigenvalue weighted by molar-refractivity contribution is -0.145. The molecule has 8 nitrogen and oxygen atoms in total. The molecule has 4 N–H and O–H groups in total. The Morgan fingerprint density at radius 3 is 1.88 bits per heavy atom. The van der Waals surface area contributed by atoms with E-state index in [1.807, 2.05) is 60.7 Å². The number of carboxylic acid groups (broad SMARTS) is 1. The molecule has 0 bridgehead atoms. The molecular weight excluding hydrogens is 426 g/mol. The average molecular weight is 451 g/mol. The predicted molar refractivity (Wildman–Crippen MR) is 120 cm³/mol. The van der Waals surface area contributed by atoms with Crippen LogP contribution in [0.25, 0.3) is 0 Å². The van der Waals surface area contributed by atoms with Gasteiger partial charge in [0.05, 0.1) is 0 Å². The monoisotopic (exact) mass is 451 g/mol. The fourth-order valence-corrected chi connectivity index (χ4v) is 3.10. The Kier molecular flexibility index (Phi) is 8.40. The van der Waals surface area contributed by atoms with Crippen LogP contribution in [-0.2, 0) is 22.8 Å². The molecule has 0 saturated heterocycles. The Balaban J connectivity index is 1.85. The number of aliphatic carboxylic acids is 1. The minimum Gasteiger partial charge on any atom is -0.485 e. The van der Waals surface area contributed by atoms with Gasteiger partial charge in [-0.1, -0.05) is 66.7 Å². The number of amides is 1. The van der Waals surface area contributed by atoms with Crippen LogP contribution in [0, 0.1) is 0 Å². The highest BCUT2D eigenvalue weighted by atomic mass is 16.5. The molecule has 0 saturated carbocycles. The van der Waals surface area contributed by atoms with E-state index in [9.17, 15) is 19.8 Å². The zero-order valence-electron chi connectivity index (χ0n) is 17.8. The van der Waals surface area contributed by atoms with Crippen LogP contribution in [0.4, 0.5) is 0 Å². The number of carboxylic acids is 1. The molecule has 2 atom stereocenters. The zero-order valence-corrected chi connectivity index (χ0v) is 17.8. The summed E-state index contributed by atoms with van der Waals surface area (Å²) in [6, 6.07) is 21.9. The molecule has 0 aromatic heterocycles. The Labute approximate surface area is 191 Å². The van der Waals surface area contributed by atoms with Crippen molar-refractivity contribution in [3.63, 3.8) is 0 Å². The van der Waals surface area contributed by atoms with E-state index in [4.69, 9.17) is 14.6 Å². The summed E-state index contributed by atoms with van der Waals surface area (Å²) in [5.41, 5.74) is 2.07. The Hall–Kier alpha value is -3.88. The first-order chi connectivity index (χ1) is 16.0. The van der Waals surface area contributed by atoms with Crippen LogP contribution in [0.3, 0.4) is 0 Å². The highest BCUT2D eigenvalue weighted by molar-refractivity contribution is 5.84. The highest BCUT2D eigenvalue weighted by Gasteiger charge is 2.30.